The molecule has 6 nitrogen and oxygen atoms in total. The predicted octanol–water partition coefficient (Wildman–Crippen LogP) is 6.12. The smallest absolute Gasteiger partial charge is 0.416 e. The first-order valence-corrected chi connectivity index (χ1v) is 13.3. The topological polar surface area (TPSA) is 82.9 Å². The first kappa shape index (κ1) is 28.8. The summed E-state index contributed by atoms with van der Waals surface area (Å²) in [6.07, 6.45) is 0.251. The molecule has 1 aromatic heterocycles. The second-order valence-corrected chi connectivity index (χ2v) is 10.4. The van der Waals surface area contributed by atoms with Gasteiger partial charge in [-0.1, -0.05) is 12.1 Å². The lowest BCUT2D eigenvalue weighted by molar-refractivity contribution is -0.139. The van der Waals surface area contributed by atoms with Gasteiger partial charge in [-0.3, -0.25) is 9.78 Å². The van der Waals surface area contributed by atoms with E-state index in [1.54, 1.807) is 13.3 Å². The molecule has 1 saturated heterocycles. The second-order valence-electron chi connectivity index (χ2n) is 10.4. The molecule has 4 rings (SSSR count). The number of carboxylic acids is 1. The van der Waals surface area contributed by atoms with E-state index in [0.29, 0.717) is 31.6 Å². The van der Waals surface area contributed by atoms with E-state index in [1.807, 2.05) is 24.3 Å². The third-order valence-electron chi connectivity index (χ3n) is 7.79. The summed E-state index contributed by atoms with van der Waals surface area (Å²) in [4.78, 5) is 18.3. The predicted molar refractivity (Wildman–Crippen MR) is 143 cm³/mol. The van der Waals surface area contributed by atoms with Crippen molar-refractivity contribution in [2.24, 2.45) is 11.8 Å². The number of halogens is 3. The van der Waals surface area contributed by atoms with E-state index in [-0.39, 0.29) is 18.3 Å². The number of benzene rings is 2. The highest BCUT2D eigenvalue weighted by atomic mass is 19.4. The van der Waals surface area contributed by atoms with E-state index >= 15 is 0 Å². The van der Waals surface area contributed by atoms with Crippen LogP contribution in [0.3, 0.4) is 0 Å². The quantitative estimate of drug-likeness (QED) is 0.303. The molecule has 0 saturated carbocycles. The summed E-state index contributed by atoms with van der Waals surface area (Å²) in [6, 6.07) is 12.7. The van der Waals surface area contributed by atoms with Gasteiger partial charge in [0, 0.05) is 24.5 Å². The van der Waals surface area contributed by atoms with E-state index in [4.69, 9.17) is 4.74 Å². The fraction of sp³-hybridized carbons (Fsp3) is 0.467. The first-order chi connectivity index (χ1) is 18.6. The summed E-state index contributed by atoms with van der Waals surface area (Å²) in [6.45, 7) is 2.26. The molecule has 0 unspecified atom stereocenters. The molecule has 210 valence electrons. The summed E-state index contributed by atoms with van der Waals surface area (Å²) in [5, 5.41) is 21.4. The van der Waals surface area contributed by atoms with Gasteiger partial charge in [0.1, 0.15) is 5.75 Å². The van der Waals surface area contributed by atoms with Gasteiger partial charge in [-0.25, -0.2) is 0 Å². The molecule has 3 aromatic rings. The molecule has 9 heteroatoms. The maximum Gasteiger partial charge on any atom is 0.416 e. The first-order valence-electron chi connectivity index (χ1n) is 13.3. The lowest BCUT2D eigenvalue weighted by Gasteiger charge is -2.38. The van der Waals surface area contributed by atoms with Crippen LogP contribution in [0.2, 0.25) is 0 Å². The van der Waals surface area contributed by atoms with Gasteiger partial charge < -0.3 is 19.8 Å². The van der Waals surface area contributed by atoms with E-state index in [2.05, 4.69) is 9.88 Å². The van der Waals surface area contributed by atoms with Gasteiger partial charge in [0.2, 0.25) is 0 Å². The fourth-order valence-corrected chi connectivity index (χ4v) is 5.65. The molecular weight excluding hydrogens is 509 g/mol. The Morgan fingerprint density at radius 2 is 1.92 bits per heavy atom. The van der Waals surface area contributed by atoms with Crippen LogP contribution in [0.15, 0.2) is 54.7 Å². The molecule has 0 spiro atoms. The number of pyridine rings is 1. The standard InChI is InChI=1S/C30H35F3N2O4/c1-39-24-9-10-27-26(18-24)25(12-14-34-27)28(36)11-6-21-13-16-35(19-22(21)17-29(37)38)15-2-3-20-4-7-23(8-5-20)30(31,32)33/h4-5,7-10,12,14,18,21-22,28,36H,2-3,6,11,13,15-17,19H2,1H3,(H,37,38)/t21-,22+,28-/m1/s1. The van der Waals surface area contributed by atoms with Crippen molar-refractivity contribution in [2.75, 3.05) is 26.7 Å². The summed E-state index contributed by atoms with van der Waals surface area (Å²) >= 11 is 0. The number of aryl methyl sites for hydroxylation is 1. The lowest BCUT2D eigenvalue weighted by Crippen LogP contribution is -2.42. The number of rotatable bonds is 11. The Hall–Kier alpha value is -3.17. The zero-order chi connectivity index (χ0) is 28.0. The van der Waals surface area contributed by atoms with Crippen molar-refractivity contribution in [3.8, 4) is 5.75 Å². The summed E-state index contributed by atoms with van der Waals surface area (Å²) in [5.41, 5.74) is 1.78. The minimum atomic E-state index is -4.34. The van der Waals surface area contributed by atoms with Crippen LogP contribution in [0, 0.1) is 11.8 Å². The number of alkyl halides is 3. The van der Waals surface area contributed by atoms with E-state index < -0.39 is 23.8 Å². The third kappa shape index (κ3) is 7.70. The van der Waals surface area contributed by atoms with Crippen LogP contribution in [-0.4, -0.2) is 52.8 Å². The second kappa shape index (κ2) is 12.8. The number of hydrogen-bond donors (Lipinski definition) is 2. The molecule has 1 aliphatic heterocycles. The van der Waals surface area contributed by atoms with Crippen molar-refractivity contribution in [1.29, 1.82) is 0 Å². The minimum Gasteiger partial charge on any atom is -0.497 e. The van der Waals surface area contributed by atoms with Crippen molar-refractivity contribution in [3.05, 3.63) is 71.4 Å². The van der Waals surface area contributed by atoms with Crippen LogP contribution in [0.4, 0.5) is 13.2 Å². The van der Waals surface area contributed by atoms with Crippen LogP contribution in [0.5, 0.6) is 5.75 Å². The molecule has 39 heavy (non-hydrogen) atoms. The van der Waals surface area contributed by atoms with Crippen molar-refractivity contribution in [1.82, 2.24) is 9.88 Å². The van der Waals surface area contributed by atoms with Crippen molar-refractivity contribution in [3.63, 3.8) is 0 Å². The number of nitrogens with zero attached hydrogens (tertiary/aromatic N) is 2. The molecule has 2 N–H and O–H groups in total. The number of hydrogen-bond acceptors (Lipinski definition) is 5. The number of piperidine rings is 1. The third-order valence-corrected chi connectivity index (χ3v) is 7.79. The Morgan fingerprint density at radius 3 is 2.62 bits per heavy atom. The monoisotopic (exact) mass is 544 g/mol. The number of fused-ring (bicyclic) bond motifs is 1. The number of methoxy groups -OCH3 is 1. The maximum atomic E-state index is 12.8. The average Bonchev–Trinajstić information content (AvgIpc) is 2.91. The molecule has 3 atom stereocenters. The number of aliphatic hydroxyl groups is 1. The highest BCUT2D eigenvalue weighted by Gasteiger charge is 2.32. The molecule has 2 heterocycles. The molecule has 1 aliphatic rings. The SMILES string of the molecule is COc1ccc2nccc([C@H](O)CC[C@@H]3CCN(CCCc4ccc(C(F)(F)F)cc4)C[C@@H]3CC(=O)O)c2c1. The average molecular weight is 545 g/mol. The van der Waals surface area contributed by atoms with E-state index in [1.165, 1.54) is 12.1 Å². The minimum absolute atomic E-state index is 0.0243. The Labute approximate surface area is 226 Å². The summed E-state index contributed by atoms with van der Waals surface area (Å²) in [7, 11) is 1.59. The van der Waals surface area contributed by atoms with Crippen molar-refractivity contribution in [2.45, 2.75) is 50.8 Å². The van der Waals surface area contributed by atoms with Gasteiger partial charge in [0.05, 0.1) is 24.3 Å². The number of aromatic nitrogens is 1. The van der Waals surface area contributed by atoms with Crippen LogP contribution < -0.4 is 4.74 Å². The number of carbonyl (C=O) groups is 1. The highest BCUT2D eigenvalue weighted by molar-refractivity contribution is 5.83. The summed E-state index contributed by atoms with van der Waals surface area (Å²) in [5.74, 6) is 0.0221. The molecule has 1 fully saturated rings. The van der Waals surface area contributed by atoms with Gasteiger partial charge in [-0.05, 0) is 105 Å². The highest BCUT2D eigenvalue weighted by Crippen LogP contribution is 2.35. The molecule has 0 aliphatic carbocycles. The number of aliphatic hydroxyl groups excluding tert-OH is 1. The zero-order valence-corrected chi connectivity index (χ0v) is 22.0. The van der Waals surface area contributed by atoms with Gasteiger partial charge in [0.25, 0.3) is 0 Å². The van der Waals surface area contributed by atoms with Gasteiger partial charge >= 0.3 is 12.1 Å². The Balaban J connectivity index is 1.32. The maximum absolute atomic E-state index is 12.8. The largest absolute Gasteiger partial charge is 0.497 e. The van der Waals surface area contributed by atoms with Crippen LogP contribution in [0.1, 0.15) is 54.9 Å². The number of aliphatic carboxylic acids is 1. The number of ether oxygens (including phenoxy) is 1. The Morgan fingerprint density at radius 1 is 1.15 bits per heavy atom. The van der Waals surface area contributed by atoms with Crippen LogP contribution >= 0.6 is 0 Å². The fourth-order valence-electron chi connectivity index (χ4n) is 5.65. The number of likely N-dealkylation sites (tertiary alicyclic amines) is 1. The van der Waals surface area contributed by atoms with Crippen LogP contribution in [0.25, 0.3) is 10.9 Å². The Kier molecular flexibility index (Phi) is 9.45. The van der Waals surface area contributed by atoms with Crippen molar-refractivity contribution >= 4 is 16.9 Å². The van der Waals surface area contributed by atoms with E-state index in [9.17, 15) is 28.2 Å². The van der Waals surface area contributed by atoms with Gasteiger partial charge in [0.15, 0.2) is 0 Å². The molecule has 0 radical (unpaired) electrons. The van der Waals surface area contributed by atoms with Crippen LogP contribution in [-0.2, 0) is 17.4 Å². The number of carboxylic acid groups (broad SMARTS) is 1. The molecule has 0 amide bonds. The lowest BCUT2D eigenvalue weighted by atomic mass is 9.79. The Bertz CT molecular complexity index is 1250. The summed E-state index contributed by atoms with van der Waals surface area (Å²) < 4.78 is 43.7. The molecular formula is C30H35F3N2O4. The van der Waals surface area contributed by atoms with E-state index in [0.717, 1.165) is 60.1 Å². The normalized spacial score (nSPS) is 19.2. The van der Waals surface area contributed by atoms with Gasteiger partial charge in [-0.15, -0.1) is 0 Å². The zero-order valence-electron chi connectivity index (χ0n) is 22.0. The molecule has 0 bridgehead atoms. The van der Waals surface area contributed by atoms with Gasteiger partial charge in [-0.2, -0.15) is 13.2 Å². The molecule has 2 aromatic carbocycles. The van der Waals surface area contributed by atoms with Crippen molar-refractivity contribution < 1.29 is 32.9 Å².